The van der Waals surface area contributed by atoms with E-state index in [9.17, 15) is 14.3 Å². The molecular weight excluding hydrogens is 501 g/mol. The van der Waals surface area contributed by atoms with Gasteiger partial charge in [0.1, 0.15) is 11.5 Å². The Labute approximate surface area is 202 Å². The van der Waals surface area contributed by atoms with Crippen LogP contribution in [0, 0.1) is 12.7 Å². The van der Waals surface area contributed by atoms with Gasteiger partial charge in [0, 0.05) is 40.9 Å². The van der Waals surface area contributed by atoms with Crippen molar-refractivity contribution >= 4 is 26.8 Å². The average molecular weight is 522 g/mol. The molecule has 0 spiro atoms. The van der Waals surface area contributed by atoms with Gasteiger partial charge in [0.15, 0.2) is 0 Å². The van der Waals surface area contributed by atoms with Crippen molar-refractivity contribution in [3.05, 3.63) is 92.8 Å². The van der Waals surface area contributed by atoms with Crippen LogP contribution in [0.15, 0.2) is 70.2 Å². The lowest BCUT2D eigenvalue weighted by Crippen LogP contribution is -2.27. The Morgan fingerprint density at radius 1 is 1.15 bits per heavy atom. The van der Waals surface area contributed by atoms with Gasteiger partial charge < -0.3 is 9.67 Å². The highest BCUT2D eigenvalue weighted by molar-refractivity contribution is 9.10. The maximum Gasteiger partial charge on any atom is 0.251 e. The van der Waals surface area contributed by atoms with E-state index >= 15 is 0 Å². The first kappa shape index (κ1) is 22.2. The van der Waals surface area contributed by atoms with Crippen LogP contribution in [-0.2, 0) is 7.05 Å². The van der Waals surface area contributed by atoms with Crippen LogP contribution in [0.4, 0.5) is 4.39 Å². The maximum atomic E-state index is 13.9. The van der Waals surface area contributed by atoms with E-state index in [-0.39, 0.29) is 12.2 Å². The van der Waals surface area contributed by atoms with Gasteiger partial charge in [-0.15, -0.1) is 0 Å². The summed E-state index contributed by atoms with van der Waals surface area (Å²) < 4.78 is 17.6. The van der Waals surface area contributed by atoms with E-state index in [0.29, 0.717) is 10.0 Å². The third kappa shape index (κ3) is 3.97. The van der Waals surface area contributed by atoms with Gasteiger partial charge in [0.05, 0.1) is 23.9 Å². The number of nitrogens with zero attached hydrogens (tertiary/aromatic N) is 4. The second-order valence-corrected chi connectivity index (χ2v) is 9.11. The van der Waals surface area contributed by atoms with Gasteiger partial charge in [-0.3, -0.25) is 14.6 Å². The molecule has 9 heteroatoms. The summed E-state index contributed by atoms with van der Waals surface area (Å²) in [6.07, 6.45) is 3.56. The first-order valence-corrected chi connectivity index (χ1v) is 11.4. The highest BCUT2D eigenvalue weighted by Crippen LogP contribution is 2.31. The summed E-state index contributed by atoms with van der Waals surface area (Å²) in [5.41, 5.74) is 5.29. The van der Waals surface area contributed by atoms with Crippen LogP contribution in [0.25, 0.3) is 33.3 Å². The minimum absolute atomic E-state index is 0.299. The Hall–Kier alpha value is -3.56. The molecule has 34 heavy (non-hydrogen) atoms. The molecule has 7 nitrogen and oxygen atoms in total. The van der Waals surface area contributed by atoms with E-state index in [1.165, 1.54) is 22.8 Å². The standard InChI is InChI=1S/C25H21BrFN5O2/c1-14-21(12-31(2)30-14)25-20-9-15(3-4-22(20)28-29-25)16-5-6-32(24(34)10-16)23(13-33)17-7-18(26)11-19(27)8-17/h3-12,23,33H,13H2,1-2H3,(H,28,29). The van der Waals surface area contributed by atoms with Gasteiger partial charge >= 0.3 is 0 Å². The Balaban J connectivity index is 1.55. The lowest BCUT2D eigenvalue weighted by molar-refractivity contribution is 0.246. The lowest BCUT2D eigenvalue weighted by atomic mass is 10.0. The zero-order valence-electron chi connectivity index (χ0n) is 18.5. The van der Waals surface area contributed by atoms with Crippen molar-refractivity contribution in [2.75, 3.05) is 6.61 Å². The summed E-state index contributed by atoms with van der Waals surface area (Å²) in [5, 5.41) is 22.8. The number of hydrogen-bond donors (Lipinski definition) is 2. The topological polar surface area (TPSA) is 88.7 Å². The number of aromatic nitrogens is 5. The smallest absolute Gasteiger partial charge is 0.251 e. The van der Waals surface area contributed by atoms with Crippen molar-refractivity contribution < 1.29 is 9.50 Å². The first-order valence-electron chi connectivity index (χ1n) is 10.6. The Kier molecular flexibility index (Phi) is 5.66. The molecule has 5 aromatic rings. The van der Waals surface area contributed by atoms with E-state index in [1.54, 1.807) is 16.9 Å². The van der Waals surface area contributed by atoms with E-state index in [2.05, 4.69) is 31.2 Å². The quantitative estimate of drug-likeness (QED) is 0.354. The van der Waals surface area contributed by atoms with Gasteiger partial charge in [0.2, 0.25) is 0 Å². The van der Waals surface area contributed by atoms with Crippen molar-refractivity contribution in [3.8, 4) is 22.4 Å². The molecule has 0 saturated heterocycles. The third-order valence-corrected chi connectivity index (χ3v) is 6.35. The predicted octanol–water partition coefficient (Wildman–Crippen LogP) is 4.58. The Morgan fingerprint density at radius 2 is 1.94 bits per heavy atom. The number of H-pyrrole nitrogens is 1. The molecule has 5 rings (SSSR count). The van der Waals surface area contributed by atoms with Crippen molar-refractivity contribution in [1.82, 2.24) is 24.5 Å². The summed E-state index contributed by atoms with van der Waals surface area (Å²) in [6.45, 7) is 1.60. The normalized spacial score (nSPS) is 12.4. The summed E-state index contributed by atoms with van der Waals surface area (Å²) in [6, 6.07) is 12.8. The molecule has 3 aromatic heterocycles. The number of aliphatic hydroxyl groups excluding tert-OH is 1. The summed E-state index contributed by atoms with van der Waals surface area (Å²) in [7, 11) is 1.87. The SMILES string of the molecule is Cc1nn(C)cc1-c1n[nH]c2ccc(-c3ccn(C(CO)c4cc(F)cc(Br)c4)c(=O)c3)cc12. The minimum Gasteiger partial charge on any atom is -0.394 e. The Morgan fingerprint density at radius 3 is 2.62 bits per heavy atom. The van der Waals surface area contributed by atoms with Crippen molar-refractivity contribution in [2.24, 2.45) is 7.05 Å². The summed E-state index contributed by atoms with van der Waals surface area (Å²) >= 11 is 3.27. The van der Waals surface area contributed by atoms with Crippen molar-refractivity contribution in [2.45, 2.75) is 13.0 Å². The fourth-order valence-electron chi connectivity index (χ4n) is 4.28. The molecule has 172 valence electrons. The fraction of sp³-hybridized carbons (Fsp3) is 0.160. The fourth-order valence-corrected chi connectivity index (χ4v) is 4.76. The second kappa shape index (κ2) is 8.66. The lowest BCUT2D eigenvalue weighted by Gasteiger charge is -2.19. The van der Waals surface area contributed by atoms with Crippen LogP contribution in [-0.4, -0.2) is 36.3 Å². The number of rotatable bonds is 5. The van der Waals surface area contributed by atoms with Gasteiger partial charge in [-0.2, -0.15) is 10.2 Å². The first-order chi connectivity index (χ1) is 16.3. The molecule has 0 aliphatic heterocycles. The zero-order chi connectivity index (χ0) is 24.0. The monoisotopic (exact) mass is 521 g/mol. The van der Waals surface area contributed by atoms with Crippen molar-refractivity contribution in [1.29, 1.82) is 0 Å². The van der Waals surface area contributed by atoms with Crippen molar-refractivity contribution in [3.63, 3.8) is 0 Å². The molecule has 1 atom stereocenters. The van der Waals surface area contributed by atoms with Crippen LogP contribution in [0.2, 0.25) is 0 Å². The molecule has 0 aliphatic rings. The minimum atomic E-state index is -0.704. The van der Waals surface area contributed by atoms with Gasteiger partial charge in [-0.1, -0.05) is 22.0 Å². The summed E-state index contributed by atoms with van der Waals surface area (Å²) in [4.78, 5) is 13.0. The van der Waals surface area contributed by atoms with Crippen LogP contribution in [0.3, 0.4) is 0 Å². The van der Waals surface area contributed by atoms with E-state index in [1.807, 2.05) is 44.4 Å². The number of nitrogens with one attached hydrogen (secondary N) is 1. The molecule has 0 bridgehead atoms. The van der Waals surface area contributed by atoms with Crippen LogP contribution >= 0.6 is 15.9 Å². The number of fused-ring (bicyclic) bond motifs is 1. The van der Waals surface area contributed by atoms with Gasteiger partial charge in [-0.05, 0) is 60.0 Å². The number of hydrogen-bond acceptors (Lipinski definition) is 4. The average Bonchev–Trinajstić information content (AvgIpc) is 3.36. The summed E-state index contributed by atoms with van der Waals surface area (Å²) in [5.74, 6) is -0.444. The van der Waals surface area contributed by atoms with Gasteiger partial charge in [0.25, 0.3) is 5.56 Å². The number of aromatic amines is 1. The predicted molar refractivity (Wildman–Crippen MR) is 132 cm³/mol. The molecule has 0 aliphatic carbocycles. The number of halogens is 2. The molecule has 0 saturated carbocycles. The molecule has 2 N–H and O–H groups in total. The zero-order valence-corrected chi connectivity index (χ0v) is 20.0. The van der Waals surface area contributed by atoms with Gasteiger partial charge in [-0.25, -0.2) is 4.39 Å². The molecule has 3 heterocycles. The number of aryl methyl sites for hydroxylation is 2. The molecule has 0 fully saturated rings. The van der Waals surface area contributed by atoms with E-state index in [4.69, 9.17) is 0 Å². The number of aliphatic hydroxyl groups is 1. The second-order valence-electron chi connectivity index (χ2n) is 8.20. The Bertz CT molecular complexity index is 1570. The molecular formula is C25H21BrFN5O2. The van der Waals surface area contributed by atoms with E-state index in [0.717, 1.165) is 39.0 Å². The largest absolute Gasteiger partial charge is 0.394 e. The highest BCUT2D eigenvalue weighted by atomic mass is 79.9. The number of pyridine rings is 1. The van der Waals surface area contributed by atoms with E-state index < -0.39 is 11.9 Å². The third-order valence-electron chi connectivity index (χ3n) is 5.89. The molecule has 0 radical (unpaired) electrons. The van der Waals surface area contributed by atoms with Crippen LogP contribution in [0.1, 0.15) is 17.3 Å². The molecule has 1 unspecified atom stereocenters. The molecule has 0 amide bonds. The van der Waals surface area contributed by atoms with Crippen LogP contribution in [0.5, 0.6) is 0 Å². The van der Waals surface area contributed by atoms with Crippen LogP contribution < -0.4 is 5.56 Å². The molecule has 2 aromatic carbocycles. The maximum absolute atomic E-state index is 13.9. The highest BCUT2D eigenvalue weighted by Gasteiger charge is 2.17. The number of benzene rings is 2.